The minimum atomic E-state index is 0.136. The summed E-state index contributed by atoms with van der Waals surface area (Å²) < 4.78 is 0. The summed E-state index contributed by atoms with van der Waals surface area (Å²) in [4.78, 5) is 12.0. The Bertz CT molecular complexity index is 344. The van der Waals surface area contributed by atoms with E-state index in [1.165, 1.54) is 5.57 Å². The van der Waals surface area contributed by atoms with Crippen LogP contribution in [0.4, 0.5) is 0 Å². The largest absolute Gasteiger partial charge is 0.295 e. The third kappa shape index (κ3) is 3.48. The number of nitriles is 1. The Morgan fingerprint density at radius 1 is 1.31 bits per heavy atom. The number of carbonyl (C=O) groups excluding carboxylic acids is 1. The predicted molar refractivity (Wildman–Crippen MR) is 64.8 cm³/mol. The van der Waals surface area contributed by atoms with Crippen molar-refractivity contribution in [3.8, 4) is 6.07 Å². The van der Waals surface area contributed by atoms with E-state index in [4.69, 9.17) is 5.26 Å². The first kappa shape index (κ1) is 13.0. The average Bonchev–Trinajstić information content (AvgIpc) is 2.13. The van der Waals surface area contributed by atoms with Gasteiger partial charge in [-0.3, -0.25) is 4.79 Å². The van der Waals surface area contributed by atoms with Gasteiger partial charge in [0.1, 0.15) is 0 Å². The molecule has 1 rings (SSSR count). The van der Waals surface area contributed by atoms with E-state index in [1.807, 2.05) is 0 Å². The number of allylic oxidation sites excluding steroid dienone is 2. The van der Waals surface area contributed by atoms with Gasteiger partial charge in [-0.15, -0.1) is 0 Å². The van der Waals surface area contributed by atoms with Crippen LogP contribution in [0.3, 0.4) is 0 Å². The molecule has 0 aromatic heterocycles. The highest BCUT2D eigenvalue weighted by atomic mass is 16.1. The zero-order valence-corrected chi connectivity index (χ0v) is 10.6. The van der Waals surface area contributed by atoms with Crippen LogP contribution in [-0.2, 0) is 4.79 Å². The van der Waals surface area contributed by atoms with Crippen LogP contribution in [-0.4, -0.2) is 5.78 Å². The molecule has 0 aliphatic heterocycles. The van der Waals surface area contributed by atoms with Crippen molar-refractivity contribution in [3.05, 3.63) is 11.1 Å². The van der Waals surface area contributed by atoms with Gasteiger partial charge in [0.25, 0.3) is 0 Å². The van der Waals surface area contributed by atoms with Crippen molar-refractivity contribution in [3.63, 3.8) is 0 Å². The molecule has 0 radical (unpaired) electrons. The van der Waals surface area contributed by atoms with Gasteiger partial charge >= 0.3 is 0 Å². The second-order valence-electron chi connectivity index (χ2n) is 5.57. The van der Waals surface area contributed by atoms with Crippen LogP contribution >= 0.6 is 0 Å². The lowest BCUT2D eigenvalue weighted by molar-refractivity contribution is -0.118. The van der Waals surface area contributed by atoms with Gasteiger partial charge in [-0.2, -0.15) is 5.26 Å². The first-order chi connectivity index (χ1) is 7.46. The second-order valence-corrected chi connectivity index (χ2v) is 5.57. The molecule has 0 spiro atoms. The van der Waals surface area contributed by atoms with Gasteiger partial charge in [-0.1, -0.05) is 19.4 Å². The van der Waals surface area contributed by atoms with E-state index >= 15 is 0 Å². The summed E-state index contributed by atoms with van der Waals surface area (Å²) in [6.45, 7) is 6.39. The molecule has 0 aromatic rings. The first-order valence-corrected chi connectivity index (χ1v) is 6.05. The number of hydrogen-bond acceptors (Lipinski definition) is 2. The fraction of sp³-hybridized carbons (Fsp3) is 0.714. The topological polar surface area (TPSA) is 40.9 Å². The standard InChI is InChI=1S/C14H21NO/c1-11-9-14(2,3)10-13(16)12(11)7-5-4-6-8-15/h4-7,9-10H2,1-3H3. The number of ketones is 1. The lowest BCUT2D eigenvalue weighted by Crippen LogP contribution is -2.25. The summed E-state index contributed by atoms with van der Waals surface area (Å²) in [6, 6.07) is 2.14. The number of unbranched alkanes of at least 4 members (excludes halogenated alkanes) is 2. The molecule has 0 N–H and O–H groups in total. The maximum absolute atomic E-state index is 12.0. The summed E-state index contributed by atoms with van der Waals surface area (Å²) in [6.07, 6.45) is 5.05. The molecule has 0 aromatic carbocycles. The quantitative estimate of drug-likeness (QED) is 0.675. The highest BCUT2D eigenvalue weighted by Gasteiger charge is 2.30. The van der Waals surface area contributed by atoms with Crippen LogP contribution in [0.2, 0.25) is 0 Å². The van der Waals surface area contributed by atoms with Gasteiger partial charge in [-0.05, 0) is 43.6 Å². The number of rotatable bonds is 4. The molecular formula is C14H21NO. The Labute approximate surface area is 98.3 Å². The maximum atomic E-state index is 12.0. The molecule has 0 bridgehead atoms. The summed E-state index contributed by atoms with van der Waals surface area (Å²) in [7, 11) is 0. The average molecular weight is 219 g/mol. The molecule has 0 heterocycles. The van der Waals surface area contributed by atoms with E-state index in [1.54, 1.807) is 0 Å². The van der Waals surface area contributed by atoms with Crippen LogP contribution in [0.1, 0.15) is 59.3 Å². The SMILES string of the molecule is CC1=C(CCCCC#N)C(=O)CC(C)(C)C1. The van der Waals surface area contributed by atoms with Crippen LogP contribution in [0.15, 0.2) is 11.1 Å². The molecule has 1 aliphatic rings. The number of nitrogens with zero attached hydrogens (tertiary/aromatic N) is 1. The molecule has 0 fully saturated rings. The van der Waals surface area contributed by atoms with Crippen LogP contribution in [0.5, 0.6) is 0 Å². The summed E-state index contributed by atoms with van der Waals surface area (Å²) in [5.74, 6) is 0.325. The van der Waals surface area contributed by atoms with E-state index in [0.717, 1.165) is 31.3 Å². The smallest absolute Gasteiger partial charge is 0.159 e. The van der Waals surface area contributed by atoms with E-state index in [0.29, 0.717) is 18.6 Å². The molecule has 2 heteroatoms. The normalized spacial score (nSPS) is 19.8. The maximum Gasteiger partial charge on any atom is 0.159 e. The Kier molecular flexibility index (Phi) is 4.29. The van der Waals surface area contributed by atoms with E-state index < -0.39 is 0 Å². The Morgan fingerprint density at radius 3 is 2.56 bits per heavy atom. The van der Waals surface area contributed by atoms with Crippen LogP contribution in [0.25, 0.3) is 0 Å². The highest BCUT2D eigenvalue weighted by Crippen LogP contribution is 2.37. The Balaban J connectivity index is 2.58. The molecule has 88 valence electrons. The number of Topliss-reactive ketones (excluding diaryl/α,β-unsaturated/α-hetero) is 1. The van der Waals surface area contributed by atoms with Crippen molar-refractivity contribution in [2.24, 2.45) is 5.41 Å². The van der Waals surface area contributed by atoms with Gasteiger partial charge in [0.2, 0.25) is 0 Å². The van der Waals surface area contributed by atoms with Crippen LogP contribution in [0, 0.1) is 16.7 Å². The van der Waals surface area contributed by atoms with Gasteiger partial charge in [0.05, 0.1) is 6.07 Å². The molecule has 1 aliphatic carbocycles. The molecule has 2 nitrogen and oxygen atoms in total. The minimum absolute atomic E-state index is 0.136. The van der Waals surface area contributed by atoms with Crippen molar-refractivity contribution in [2.45, 2.75) is 59.3 Å². The third-order valence-electron chi connectivity index (χ3n) is 3.20. The predicted octanol–water partition coefficient (Wildman–Crippen LogP) is 3.78. The van der Waals surface area contributed by atoms with Gasteiger partial charge in [-0.25, -0.2) is 0 Å². The van der Waals surface area contributed by atoms with Crippen molar-refractivity contribution < 1.29 is 4.79 Å². The molecule has 16 heavy (non-hydrogen) atoms. The summed E-state index contributed by atoms with van der Waals surface area (Å²) in [5, 5.41) is 8.45. The van der Waals surface area contributed by atoms with Gasteiger partial charge in [0.15, 0.2) is 5.78 Å². The molecule has 0 saturated heterocycles. The number of carbonyl (C=O) groups is 1. The summed E-state index contributed by atoms with van der Waals surface area (Å²) in [5.41, 5.74) is 2.44. The van der Waals surface area contributed by atoms with Crippen molar-refractivity contribution in [1.82, 2.24) is 0 Å². The van der Waals surface area contributed by atoms with E-state index in [-0.39, 0.29) is 5.41 Å². The lowest BCUT2D eigenvalue weighted by Gasteiger charge is -2.31. The molecule has 0 atom stereocenters. The summed E-state index contributed by atoms with van der Waals surface area (Å²) >= 11 is 0. The first-order valence-electron chi connectivity index (χ1n) is 6.05. The van der Waals surface area contributed by atoms with Gasteiger partial charge in [0, 0.05) is 12.8 Å². The van der Waals surface area contributed by atoms with E-state index in [9.17, 15) is 4.79 Å². The fourth-order valence-corrected chi connectivity index (χ4v) is 2.53. The van der Waals surface area contributed by atoms with Crippen LogP contribution < -0.4 is 0 Å². The second kappa shape index (κ2) is 5.30. The molecular weight excluding hydrogens is 198 g/mol. The van der Waals surface area contributed by atoms with Crippen molar-refractivity contribution in [1.29, 1.82) is 5.26 Å². The highest BCUT2D eigenvalue weighted by molar-refractivity contribution is 5.97. The minimum Gasteiger partial charge on any atom is -0.295 e. The third-order valence-corrected chi connectivity index (χ3v) is 3.20. The monoisotopic (exact) mass is 219 g/mol. The van der Waals surface area contributed by atoms with Crippen molar-refractivity contribution in [2.75, 3.05) is 0 Å². The zero-order chi connectivity index (χ0) is 12.2. The molecule has 0 saturated carbocycles. The lowest BCUT2D eigenvalue weighted by atomic mass is 9.73. The number of hydrogen-bond donors (Lipinski definition) is 0. The van der Waals surface area contributed by atoms with Crippen molar-refractivity contribution >= 4 is 5.78 Å². The Hall–Kier alpha value is -1.10. The zero-order valence-electron chi connectivity index (χ0n) is 10.6. The molecule has 0 amide bonds. The fourth-order valence-electron chi connectivity index (χ4n) is 2.53. The Morgan fingerprint density at radius 2 is 2.00 bits per heavy atom. The van der Waals surface area contributed by atoms with Gasteiger partial charge < -0.3 is 0 Å². The molecule has 0 unspecified atom stereocenters. The van der Waals surface area contributed by atoms with E-state index in [2.05, 4.69) is 26.8 Å².